The number of benzene rings is 2. The highest BCUT2D eigenvalue weighted by molar-refractivity contribution is 5.92. The zero-order valence-corrected chi connectivity index (χ0v) is 13.1. The van der Waals surface area contributed by atoms with Crippen LogP contribution in [0.25, 0.3) is 0 Å². The monoisotopic (exact) mass is 307 g/mol. The molecule has 2 N–H and O–H groups in total. The molecule has 2 aromatic carbocycles. The summed E-state index contributed by atoms with van der Waals surface area (Å²) in [6.45, 7) is 0. The van der Waals surface area contributed by atoms with Gasteiger partial charge >= 0.3 is 0 Å². The number of carbonyl (C=O) groups is 1. The number of carbonyl (C=O) groups excluding carboxylic acids is 1. The van der Waals surface area contributed by atoms with Gasteiger partial charge < -0.3 is 10.5 Å². The Morgan fingerprint density at radius 1 is 0.913 bits per heavy atom. The number of nitrogens with two attached hydrogens (primary N) is 1. The highest BCUT2D eigenvalue weighted by Gasteiger charge is 2.39. The first-order chi connectivity index (χ1) is 11.2. The molecule has 0 spiro atoms. The molecule has 0 radical (unpaired) electrons. The lowest BCUT2D eigenvalue weighted by Gasteiger charge is -2.22. The summed E-state index contributed by atoms with van der Waals surface area (Å²) < 4.78 is 5.84. The quantitative estimate of drug-likeness (QED) is 0.905. The molecule has 3 nitrogen and oxygen atoms in total. The molecular weight excluding hydrogens is 286 g/mol. The van der Waals surface area contributed by atoms with Gasteiger partial charge in [-0.2, -0.15) is 0 Å². The van der Waals surface area contributed by atoms with Crippen LogP contribution in [0.1, 0.15) is 47.5 Å². The van der Waals surface area contributed by atoms with Crippen LogP contribution in [0.3, 0.4) is 0 Å². The van der Waals surface area contributed by atoms with Crippen molar-refractivity contribution in [3.05, 3.63) is 59.7 Å². The molecule has 23 heavy (non-hydrogen) atoms. The van der Waals surface area contributed by atoms with Crippen LogP contribution >= 0.6 is 0 Å². The van der Waals surface area contributed by atoms with E-state index in [-0.39, 0.29) is 0 Å². The second-order valence-corrected chi connectivity index (χ2v) is 6.84. The van der Waals surface area contributed by atoms with Crippen molar-refractivity contribution in [2.45, 2.75) is 31.6 Å². The zero-order chi connectivity index (χ0) is 15.8. The van der Waals surface area contributed by atoms with E-state index in [0.717, 1.165) is 23.5 Å². The SMILES string of the molecule is NC(=O)c1ccc(Oc2ccc(C3C[C@@H]4CC[C@H]3C4)cc2)cc1. The molecule has 118 valence electrons. The van der Waals surface area contributed by atoms with Gasteiger partial charge in [0.15, 0.2) is 0 Å². The Balaban J connectivity index is 1.45. The van der Waals surface area contributed by atoms with Gasteiger partial charge in [0, 0.05) is 5.56 Å². The Morgan fingerprint density at radius 2 is 1.57 bits per heavy atom. The van der Waals surface area contributed by atoms with E-state index >= 15 is 0 Å². The molecule has 0 saturated heterocycles. The molecule has 3 atom stereocenters. The third-order valence-electron chi connectivity index (χ3n) is 5.42. The molecular formula is C20H21NO2. The minimum Gasteiger partial charge on any atom is -0.457 e. The van der Waals surface area contributed by atoms with Crippen LogP contribution in [0.2, 0.25) is 0 Å². The summed E-state index contributed by atoms with van der Waals surface area (Å²) in [7, 11) is 0. The minimum atomic E-state index is -0.424. The van der Waals surface area contributed by atoms with Gasteiger partial charge in [0.1, 0.15) is 11.5 Å². The third-order valence-corrected chi connectivity index (χ3v) is 5.42. The molecule has 1 unspecified atom stereocenters. The number of hydrogen-bond acceptors (Lipinski definition) is 2. The summed E-state index contributed by atoms with van der Waals surface area (Å²) >= 11 is 0. The second-order valence-electron chi connectivity index (χ2n) is 6.84. The highest BCUT2D eigenvalue weighted by atomic mass is 16.5. The van der Waals surface area contributed by atoms with Crippen molar-refractivity contribution in [1.29, 1.82) is 0 Å². The van der Waals surface area contributed by atoms with Gasteiger partial charge in [0.05, 0.1) is 0 Å². The lowest BCUT2D eigenvalue weighted by molar-refractivity contribution is 0.100. The second kappa shape index (κ2) is 5.73. The Kier molecular flexibility index (Phi) is 3.56. The summed E-state index contributed by atoms with van der Waals surface area (Å²) in [4.78, 5) is 11.1. The number of amides is 1. The van der Waals surface area contributed by atoms with E-state index in [1.54, 1.807) is 24.3 Å². The van der Waals surface area contributed by atoms with Crippen LogP contribution in [0, 0.1) is 11.8 Å². The van der Waals surface area contributed by atoms with Gasteiger partial charge in [0.25, 0.3) is 0 Å². The van der Waals surface area contributed by atoms with Crippen LogP contribution in [-0.4, -0.2) is 5.91 Å². The summed E-state index contributed by atoms with van der Waals surface area (Å²) in [5.74, 6) is 3.72. The molecule has 2 aromatic rings. The van der Waals surface area contributed by atoms with E-state index < -0.39 is 5.91 Å². The Hall–Kier alpha value is -2.29. The number of rotatable bonds is 4. The van der Waals surface area contributed by atoms with Crippen molar-refractivity contribution in [3.63, 3.8) is 0 Å². The van der Waals surface area contributed by atoms with E-state index in [9.17, 15) is 4.79 Å². The fourth-order valence-electron chi connectivity index (χ4n) is 4.26. The Labute approximate surface area is 136 Å². The van der Waals surface area contributed by atoms with Crippen LogP contribution in [-0.2, 0) is 0 Å². The van der Waals surface area contributed by atoms with E-state index in [1.807, 2.05) is 12.1 Å². The van der Waals surface area contributed by atoms with Crippen molar-refractivity contribution in [3.8, 4) is 11.5 Å². The smallest absolute Gasteiger partial charge is 0.248 e. The van der Waals surface area contributed by atoms with Crippen molar-refractivity contribution in [2.75, 3.05) is 0 Å². The summed E-state index contributed by atoms with van der Waals surface area (Å²) in [6.07, 6.45) is 5.62. The largest absolute Gasteiger partial charge is 0.457 e. The van der Waals surface area contributed by atoms with Crippen molar-refractivity contribution < 1.29 is 9.53 Å². The zero-order valence-electron chi connectivity index (χ0n) is 13.1. The van der Waals surface area contributed by atoms with Gasteiger partial charge in [-0.3, -0.25) is 4.79 Å². The number of primary amides is 1. The first-order valence-corrected chi connectivity index (χ1v) is 8.37. The molecule has 4 rings (SSSR count). The standard InChI is InChI=1S/C20H21NO2/c21-20(22)15-5-9-18(10-6-15)23-17-7-3-14(4-8-17)19-12-13-1-2-16(19)11-13/h3-10,13,16,19H,1-2,11-12H2,(H2,21,22)/t13-,16+,19?/m1/s1. The van der Waals surface area contributed by atoms with E-state index in [4.69, 9.17) is 10.5 Å². The van der Waals surface area contributed by atoms with E-state index in [0.29, 0.717) is 11.3 Å². The first-order valence-electron chi connectivity index (χ1n) is 8.37. The Morgan fingerprint density at radius 3 is 2.09 bits per heavy atom. The van der Waals surface area contributed by atoms with Crippen molar-refractivity contribution >= 4 is 5.91 Å². The molecule has 1 amide bonds. The third kappa shape index (κ3) is 2.83. The molecule has 0 aromatic heterocycles. The summed E-state index contributed by atoms with van der Waals surface area (Å²) in [5, 5.41) is 0. The molecule has 0 heterocycles. The summed E-state index contributed by atoms with van der Waals surface area (Å²) in [5.41, 5.74) is 7.18. The van der Waals surface area contributed by atoms with Crippen LogP contribution in [0.4, 0.5) is 0 Å². The molecule has 2 fully saturated rings. The summed E-state index contributed by atoms with van der Waals surface area (Å²) in [6, 6.07) is 15.4. The maximum absolute atomic E-state index is 11.1. The number of ether oxygens (including phenoxy) is 1. The fourth-order valence-corrected chi connectivity index (χ4v) is 4.26. The number of hydrogen-bond donors (Lipinski definition) is 1. The van der Waals surface area contributed by atoms with Gasteiger partial charge in [-0.15, -0.1) is 0 Å². The Bertz CT molecular complexity index is 705. The maximum Gasteiger partial charge on any atom is 0.248 e. The molecule has 2 bridgehead atoms. The molecule has 2 saturated carbocycles. The number of fused-ring (bicyclic) bond motifs is 2. The van der Waals surface area contributed by atoms with Gasteiger partial charge in [-0.25, -0.2) is 0 Å². The van der Waals surface area contributed by atoms with Crippen LogP contribution < -0.4 is 10.5 Å². The van der Waals surface area contributed by atoms with Gasteiger partial charge in [-0.1, -0.05) is 18.6 Å². The molecule has 0 aliphatic heterocycles. The normalized spacial score (nSPS) is 25.5. The fraction of sp³-hybridized carbons (Fsp3) is 0.350. The van der Waals surface area contributed by atoms with Crippen LogP contribution in [0.5, 0.6) is 11.5 Å². The lowest BCUT2D eigenvalue weighted by atomic mass is 9.83. The molecule has 2 aliphatic carbocycles. The van der Waals surface area contributed by atoms with Crippen molar-refractivity contribution in [2.24, 2.45) is 17.6 Å². The van der Waals surface area contributed by atoms with Crippen LogP contribution in [0.15, 0.2) is 48.5 Å². The van der Waals surface area contributed by atoms with E-state index in [1.165, 1.54) is 31.2 Å². The van der Waals surface area contributed by atoms with E-state index in [2.05, 4.69) is 12.1 Å². The average Bonchev–Trinajstić information content (AvgIpc) is 3.19. The molecule has 2 aliphatic rings. The predicted octanol–water partition coefficient (Wildman–Crippen LogP) is 4.48. The predicted molar refractivity (Wildman–Crippen MR) is 89.7 cm³/mol. The minimum absolute atomic E-state index is 0.424. The highest BCUT2D eigenvalue weighted by Crippen LogP contribution is 2.52. The average molecular weight is 307 g/mol. The lowest BCUT2D eigenvalue weighted by Crippen LogP contribution is -2.10. The van der Waals surface area contributed by atoms with Gasteiger partial charge in [-0.05, 0) is 79.0 Å². The van der Waals surface area contributed by atoms with Crippen molar-refractivity contribution in [1.82, 2.24) is 0 Å². The maximum atomic E-state index is 11.1. The van der Waals surface area contributed by atoms with Gasteiger partial charge in [0.2, 0.25) is 5.91 Å². The molecule has 3 heteroatoms. The first kappa shape index (κ1) is 14.3. The topological polar surface area (TPSA) is 52.3 Å².